The van der Waals surface area contributed by atoms with E-state index in [2.05, 4.69) is 32.9 Å². The third kappa shape index (κ3) is 47.2. The summed E-state index contributed by atoms with van der Waals surface area (Å²) in [6.07, 6.45) is 54.8. The van der Waals surface area contributed by atoms with Crippen LogP contribution in [0.5, 0.6) is 0 Å². The van der Waals surface area contributed by atoms with Gasteiger partial charge in [0.2, 0.25) is 0 Å². The van der Waals surface area contributed by atoms with Crippen LogP contribution in [0.3, 0.4) is 0 Å². The Morgan fingerprint density at radius 1 is 0.317 bits per heavy atom. The van der Waals surface area contributed by atoms with Crippen LogP contribution in [0.1, 0.15) is 297 Å². The fraction of sp³-hybridized carbons (Fsp3) is 0.907. The smallest absolute Gasteiger partial charge is 0.306 e. The molecule has 354 valence electrons. The van der Waals surface area contributed by atoms with Gasteiger partial charge in [-0.3, -0.25) is 14.4 Å². The predicted octanol–water partition coefficient (Wildman–Crippen LogP) is 17.4. The van der Waals surface area contributed by atoms with Crippen molar-refractivity contribution in [3.05, 3.63) is 12.2 Å². The second kappa shape index (κ2) is 49.8. The lowest BCUT2D eigenvalue weighted by Gasteiger charge is -2.18. The van der Waals surface area contributed by atoms with Crippen LogP contribution in [-0.4, -0.2) is 37.2 Å². The van der Waals surface area contributed by atoms with Gasteiger partial charge in [0, 0.05) is 19.3 Å². The van der Waals surface area contributed by atoms with E-state index in [0.29, 0.717) is 19.3 Å². The zero-order valence-corrected chi connectivity index (χ0v) is 40.5. The SMILES string of the molecule is CCCCCC/C=C\CCCCCCCC(=O)OC(COC(=O)CCCCCCCCCCCCCCC)COC(=O)CCCCCCCCCCCCCCCCCC. The molecule has 0 spiro atoms. The van der Waals surface area contributed by atoms with Crippen molar-refractivity contribution >= 4 is 17.9 Å². The van der Waals surface area contributed by atoms with Gasteiger partial charge in [-0.25, -0.2) is 0 Å². The van der Waals surface area contributed by atoms with Gasteiger partial charge in [0.15, 0.2) is 6.10 Å². The zero-order valence-electron chi connectivity index (χ0n) is 40.5. The maximum absolute atomic E-state index is 12.8. The second-order valence-corrected chi connectivity index (χ2v) is 18.2. The minimum Gasteiger partial charge on any atom is -0.462 e. The number of hydrogen-bond acceptors (Lipinski definition) is 6. The molecule has 0 fully saturated rings. The Hall–Kier alpha value is -1.85. The monoisotopic (exact) mass is 847 g/mol. The van der Waals surface area contributed by atoms with E-state index in [0.717, 1.165) is 64.2 Å². The molecule has 0 N–H and O–H groups in total. The zero-order chi connectivity index (χ0) is 43.7. The standard InChI is InChI=1S/C54H102O6/c1-4-7-10-13-16-19-22-25-26-27-30-32-35-38-41-44-47-53(56)59-50-51(60-54(57)48-45-42-39-36-33-29-24-21-18-15-12-9-6-3)49-58-52(55)46-43-40-37-34-31-28-23-20-17-14-11-8-5-2/h21,24,51H,4-20,22-23,25-50H2,1-3H3/b24-21-. The summed E-state index contributed by atoms with van der Waals surface area (Å²) in [5.74, 6) is -0.858. The molecule has 60 heavy (non-hydrogen) atoms. The highest BCUT2D eigenvalue weighted by atomic mass is 16.6. The largest absolute Gasteiger partial charge is 0.462 e. The van der Waals surface area contributed by atoms with Crippen LogP contribution >= 0.6 is 0 Å². The van der Waals surface area contributed by atoms with E-state index in [9.17, 15) is 14.4 Å². The molecule has 0 aliphatic carbocycles. The number of ether oxygens (including phenoxy) is 3. The Morgan fingerprint density at radius 2 is 0.550 bits per heavy atom. The first-order valence-corrected chi connectivity index (χ1v) is 26.7. The fourth-order valence-corrected chi connectivity index (χ4v) is 7.97. The summed E-state index contributed by atoms with van der Waals surface area (Å²) >= 11 is 0. The molecule has 0 aliphatic heterocycles. The molecule has 1 atom stereocenters. The highest BCUT2D eigenvalue weighted by Crippen LogP contribution is 2.16. The Balaban J connectivity index is 4.31. The normalized spacial score (nSPS) is 12.0. The number of unbranched alkanes of at least 4 members (excludes halogenated alkanes) is 36. The molecule has 0 amide bonds. The van der Waals surface area contributed by atoms with Crippen molar-refractivity contribution in [3.63, 3.8) is 0 Å². The molecule has 1 unspecified atom stereocenters. The van der Waals surface area contributed by atoms with E-state index >= 15 is 0 Å². The summed E-state index contributed by atoms with van der Waals surface area (Å²) in [5.41, 5.74) is 0. The molecule has 0 aliphatic rings. The van der Waals surface area contributed by atoms with Gasteiger partial charge in [0.25, 0.3) is 0 Å². The number of esters is 3. The van der Waals surface area contributed by atoms with E-state index in [-0.39, 0.29) is 31.1 Å². The average Bonchev–Trinajstić information content (AvgIpc) is 3.24. The highest BCUT2D eigenvalue weighted by molar-refractivity contribution is 5.71. The van der Waals surface area contributed by atoms with Gasteiger partial charge < -0.3 is 14.2 Å². The Kier molecular flexibility index (Phi) is 48.3. The van der Waals surface area contributed by atoms with Gasteiger partial charge in [0.1, 0.15) is 13.2 Å². The van der Waals surface area contributed by atoms with Gasteiger partial charge >= 0.3 is 17.9 Å². The van der Waals surface area contributed by atoms with E-state index < -0.39 is 6.10 Å². The van der Waals surface area contributed by atoms with E-state index in [1.165, 1.54) is 193 Å². The molecule has 0 saturated carbocycles. The Bertz CT molecular complexity index is 931. The first-order valence-electron chi connectivity index (χ1n) is 26.7. The molecule has 0 rings (SSSR count). The summed E-state index contributed by atoms with van der Waals surface area (Å²) in [6, 6.07) is 0. The van der Waals surface area contributed by atoms with Crippen LogP contribution in [0.4, 0.5) is 0 Å². The molecule has 0 radical (unpaired) electrons. The third-order valence-corrected chi connectivity index (χ3v) is 12.0. The molecule has 0 heterocycles. The molecule has 0 aromatic carbocycles. The summed E-state index contributed by atoms with van der Waals surface area (Å²) in [7, 11) is 0. The van der Waals surface area contributed by atoms with Crippen molar-refractivity contribution in [2.45, 2.75) is 303 Å². The minimum absolute atomic E-state index is 0.0679. The van der Waals surface area contributed by atoms with Crippen LogP contribution in [0, 0.1) is 0 Å². The topological polar surface area (TPSA) is 78.9 Å². The number of carbonyl (C=O) groups is 3. The Labute approximate surface area is 373 Å². The lowest BCUT2D eigenvalue weighted by molar-refractivity contribution is -0.167. The predicted molar refractivity (Wildman–Crippen MR) is 256 cm³/mol. The molecule has 6 nitrogen and oxygen atoms in total. The van der Waals surface area contributed by atoms with E-state index in [1.54, 1.807) is 0 Å². The van der Waals surface area contributed by atoms with Gasteiger partial charge in [0.05, 0.1) is 0 Å². The van der Waals surface area contributed by atoms with Crippen LogP contribution in [0.25, 0.3) is 0 Å². The van der Waals surface area contributed by atoms with Crippen molar-refractivity contribution in [3.8, 4) is 0 Å². The molecule has 0 saturated heterocycles. The van der Waals surface area contributed by atoms with Crippen LogP contribution < -0.4 is 0 Å². The van der Waals surface area contributed by atoms with Gasteiger partial charge in [-0.1, -0.05) is 245 Å². The molecule has 6 heteroatoms. The Morgan fingerprint density at radius 3 is 0.850 bits per heavy atom. The van der Waals surface area contributed by atoms with Crippen molar-refractivity contribution in [1.29, 1.82) is 0 Å². The van der Waals surface area contributed by atoms with Crippen molar-refractivity contribution in [2.75, 3.05) is 13.2 Å². The minimum atomic E-state index is -0.767. The lowest BCUT2D eigenvalue weighted by Crippen LogP contribution is -2.30. The number of hydrogen-bond donors (Lipinski definition) is 0. The first kappa shape index (κ1) is 58.1. The first-order chi connectivity index (χ1) is 29.5. The van der Waals surface area contributed by atoms with Gasteiger partial charge in [-0.2, -0.15) is 0 Å². The summed E-state index contributed by atoms with van der Waals surface area (Å²) < 4.78 is 16.8. The number of carbonyl (C=O) groups excluding carboxylic acids is 3. The van der Waals surface area contributed by atoms with Crippen LogP contribution in [0.2, 0.25) is 0 Å². The van der Waals surface area contributed by atoms with Gasteiger partial charge in [-0.15, -0.1) is 0 Å². The maximum atomic E-state index is 12.8. The summed E-state index contributed by atoms with van der Waals surface area (Å²) in [5, 5.41) is 0. The van der Waals surface area contributed by atoms with Crippen molar-refractivity contribution in [2.24, 2.45) is 0 Å². The third-order valence-electron chi connectivity index (χ3n) is 12.0. The van der Waals surface area contributed by atoms with Crippen molar-refractivity contribution in [1.82, 2.24) is 0 Å². The molecule has 0 bridgehead atoms. The number of rotatable bonds is 49. The molecular formula is C54H102O6. The maximum Gasteiger partial charge on any atom is 0.306 e. The molecule has 0 aromatic heterocycles. The van der Waals surface area contributed by atoms with Gasteiger partial charge in [-0.05, 0) is 44.9 Å². The quantitative estimate of drug-likeness (QED) is 0.0263. The van der Waals surface area contributed by atoms with Crippen LogP contribution in [-0.2, 0) is 28.6 Å². The average molecular weight is 847 g/mol. The second-order valence-electron chi connectivity index (χ2n) is 18.2. The number of allylic oxidation sites excluding steroid dienone is 2. The van der Waals surface area contributed by atoms with E-state index in [1.807, 2.05) is 0 Å². The van der Waals surface area contributed by atoms with Crippen LogP contribution in [0.15, 0.2) is 12.2 Å². The fourth-order valence-electron chi connectivity index (χ4n) is 7.97. The summed E-state index contributed by atoms with van der Waals surface area (Å²) in [4.78, 5) is 38.0. The molecule has 0 aromatic rings. The molecular weight excluding hydrogens is 745 g/mol. The van der Waals surface area contributed by atoms with Crippen molar-refractivity contribution < 1.29 is 28.6 Å². The summed E-state index contributed by atoms with van der Waals surface area (Å²) in [6.45, 7) is 6.66. The lowest BCUT2D eigenvalue weighted by atomic mass is 10.0. The highest BCUT2D eigenvalue weighted by Gasteiger charge is 2.19. The van der Waals surface area contributed by atoms with E-state index in [4.69, 9.17) is 14.2 Å².